The molecule has 1 N–H and O–H groups in total. The Bertz CT molecular complexity index is 896. The van der Waals surface area contributed by atoms with Gasteiger partial charge in [0.15, 0.2) is 0 Å². The van der Waals surface area contributed by atoms with E-state index in [2.05, 4.69) is 86.8 Å². The fraction of sp³-hybridized carbons (Fsp3) is 0.729. The summed E-state index contributed by atoms with van der Waals surface area (Å²) in [5, 5.41) is 9.61. The Labute approximate surface area is 323 Å². The van der Waals surface area contributed by atoms with Crippen molar-refractivity contribution in [3.8, 4) is 0 Å². The van der Waals surface area contributed by atoms with E-state index in [1.807, 2.05) is 0 Å². The Balaban J connectivity index is 3.52. The fourth-order valence-corrected chi connectivity index (χ4v) is 6.04. The minimum Gasteiger partial charge on any atom is -0.457 e. The maximum absolute atomic E-state index is 12.2. The van der Waals surface area contributed by atoms with Crippen molar-refractivity contribution >= 4 is 5.97 Å². The number of carbonyl (C=O) groups is 1. The second-order valence-electron chi connectivity index (χ2n) is 14.4. The van der Waals surface area contributed by atoms with Crippen LogP contribution < -0.4 is 0 Å². The second kappa shape index (κ2) is 45.0. The van der Waals surface area contributed by atoms with E-state index in [0.29, 0.717) is 13.0 Å². The van der Waals surface area contributed by atoms with Gasteiger partial charge in [-0.3, -0.25) is 4.79 Å². The van der Waals surface area contributed by atoms with Crippen LogP contribution in [-0.4, -0.2) is 37.0 Å². The smallest absolute Gasteiger partial charge is 0.306 e. The van der Waals surface area contributed by atoms with Crippen LogP contribution in [0.15, 0.2) is 72.9 Å². The summed E-state index contributed by atoms with van der Waals surface area (Å²) in [5.41, 5.74) is 0. The number of aliphatic hydroxyl groups is 1. The summed E-state index contributed by atoms with van der Waals surface area (Å²) in [6.07, 6.45) is 61.1. The van der Waals surface area contributed by atoms with Gasteiger partial charge in [0, 0.05) is 13.0 Å². The molecule has 1 atom stereocenters. The molecular formula is C48H84O4. The molecule has 1 unspecified atom stereocenters. The zero-order valence-electron chi connectivity index (χ0n) is 34.3. The summed E-state index contributed by atoms with van der Waals surface area (Å²) in [6, 6.07) is 0. The quantitative estimate of drug-likeness (QED) is 0.0388. The molecule has 4 nitrogen and oxygen atoms in total. The summed E-state index contributed by atoms with van der Waals surface area (Å²) < 4.78 is 11.1. The van der Waals surface area contributed by atoms with Gasteiger partial charge in [-0.2, -0.15) is 0 Å². The molecule has 0 saturated heterocycles. The Morgan fingerprint density at radius 3 is 1.29 bits per heavy atom. The highest BCUT2D eigenvalue weighted by Crippen LogP contribution is 2.15. The van der Waals surface area contributed by atoms with Crippen LogP contribution in [0.1, 0.15) is 200 Å². The molecule has 0 saturated carbocycles. The van der Waals surface area contributed by atoms with E-state index in [-0.39, 0.29) is 19.2 Å². The van der Waals surface area contributed by atoms with Crippen molar-refractivity contribution in [2.24, 2.45) is 0 Å². The SMILES string of the molecule is CC/C=C\C/C=C\C/C=C\C/C=C\C/C=C\C/C=C\CCCCCOCC(CO)OC(=O)CCCCCCCCCCCCCCCCCCCC. The Morgan fingerprint density at radius 2 is 0.865 bits per heavy atom. The number of unbranched alkanes of at least 4 members (excludes halogenated alkanes) is 20. The first kappa shape index (κ1) is 49.8. The lowest BCUT2D eigenvalue weighted by atomic mass is 10.0. The number of allylic oxidation sites excluding steroid dienone is 12. The maximum Gasteiger partial charge on any atom is 0.306 e. The van der Waals surface area contributed by atoms with Gasteiger partial charge in [-0.05, 0) is 64.2 Å². The number of rotatable bonds is 40. The van der Waals surface area contributed by atoms with Crippen LogP contribution in [0.4, 0.5) is 0 Å². The molecule has 52 heavy (non-hydrogen) atoms. The maximum atomic E-state index is 12.2. The number of ether oxygens (including phenoxy) is 2. The summed E-state index contributed by atoms with van der Waals surface area (Å²) in [6.45, 7) is 5.17. The first-order valence-corrected chi connectivity index (χ1v) is 22.0. The molecule has 0 aromatic carbocycles. The monoisotopic (exact) mass is 725 g/mol. The highest BCUT2D eigenvalue weighted by atomic mass is 16.6. The van der Waals surface area contributed by atoms with Crippen molar-refractivity contribution in [2.75, 3.05) is 19.8 Å². The zero-order chi connectivity index (χ0) is 37.7. The van der Waals surface area contributed by atoms with Gasteiger partial charge in [0.25, 0.3) is 0 Å². The van der Waals surface area contributed by atoms with Crippen molar-refractivity contribution in [2.45, 2.75) is 206 Å². The van der Waals surface area contributed by atoms with Crippen LogP contribution in [0.3, 0.4) is 0 Å². The van der Waals surface area contributed by atoms with Gasteiger partial charge >= 0.3 is 5.97 Å². The largest absolute Gasteiger partial charge is 0.457 e. The molecule has 0 aromatic heterocycles. The van der Waals surface area contributed by atoms with E-state index in [4.69, 9.17) is 9.47 Å². The molecule has 0 radical (unpaired) electrons. The molecule has 0 heterocycles. The van der Waals surface area contributed by atoms with Crippen LogP contribution in [0.2, 0.25) is 0 Å². The lowest BCUT2D eigenvalue weighted by Gasteiger charge is -2.15. The van der Waals surface area contributed by atoms with E-state index in [9.17, 15) is 9.90 Å². The average Bonchev–Trinajstić information content (AvgIpc) is 3.15. The van der Waals surface area contributed by atoms with E-state index >= 15 is 0 Å². The van der Waals surface area contributed by atoms with Crippen molar-refractivity contribution < 1.29 is 19.4 Å². The number of aliphatic hydroxyl groups excluding tert-OH is 1. The molecule has 0 aliphatic rings. The van der Waals surface area contributed by atoms with Gasteiger partial charge in [0.2, 0.25) is 0 Å². The fourth-order valence-electron chi connectivity index (χ4n) is 6.04. The molecule has 0 aliphatic carbocycles. The molecule has 0 bridgehead atoms. The number of hydrogen-bond acceptors (Lipinski definition) is 4. The highest BCUT2D eigenvalue weighted by Gasteiger charge is 2.13. The predicted molar refractivity (Wildman–Crippen MR) is 228 cm³/mol. The summed E-state index contributed by atoms with van der Waals surface area (Å²) in [7, 11) is 0. The second-order valence-corrected chi connectivity index (χ2v) is 14.4. The molecule has 0 aromatic rings. The van der Waals surface area contributed by atoms with Crippen LogP contribution in [0.5, 0.6) is 0 Å². The minimum absolute atomic E-state index is 0.187. The Hall–Kier alpha value is -2.17. The standard InChI is InChI=1S/C48H84O4/c1-3-5-7-9-11-13-15-17-19-21-23-24-25-26-28-30-32-34-36-38-40-42-44-51-46-47(45-49)52-48(50)43-41-39-37-35-33-31-29-27-22-20-18-16-14-12-10-8-6-4-2/h5,7,11,13,17,19,23-24,26,28,32,34,47,49H,3-4,6,8-10,12,14-16,18,20-22,25,27,29-31,33,35-46H2,1-2H3/b7-5-,13-11-,19-17-,24-23-,28-26-,34-32-. The minimum atomic E-state index is -0.554. The third-order valence-electron chi connectivity index (χ3n) is 9.30. The Morgan fingerprint density at radius 1 is 0.481 bits per heavy atom. The van der Waals surface area contributed by atoms with Crippen molar-refractivity contribution in [3.63, 3.8) is 0 Å². The van der Waals surface area contributed by atoms with Gasteiger partial charge in [0.1, 0.15) is 6.10 Å². The molecular weight excluding hydrogens is 641 g/mol. The third kappa shape index (κ3) is 42.2. The summed E-state index contributed by atoms with van der Waals surface area (Å²) >= 11 is 0. The Kier molecular flexibility index (Phi) is 43.1. The van der Waals surface area contributed by atoms with Crippen LogP contribution >= 0.6 is 0 Å². The van der Waals surface area contributed by atoms with Crippen molar-refractivity contribution in [1.29, 1.82) is 0 Å². The molecule has 0 spiro atoms. The van der Waals surface area contributed by atoms with Crippen molar-refractivity contribution in [1.82, 2.24) is 0 Å². The van der Waals surface area contributed by atoms with Crippen LogP contribution in [-0.2, 0) is 14.3 Å². The van der Waals surface area contributed by atoms with E-state index < -0.39 is 6.10 Å². The van der Waals surface area contributed by atoms with Gasteiger partial charge in [0.05, 0.1) is 13.2 Å². The summed E-state index contributed by atoms with van der Waals surface area (Å²) in [5.74, 6) is -0.212. The molecule has 0 fully saturated rings. The third-order valence-corrected chi connectivity index (χ3v) is 9.30. The van der Waals surface area contributed by atoms with Gasteiger partial charge in [-0.15, -0.1) is 0 Å². The molecule has 0 rings (SSSR count). The number of esters is 1. The van der Waals surface area contributed by atoms with Crippen LogP contribution in [0, 0.1) is 0 Å². The molecule has 0 aliphatic heterocycles. The molecule has 300 valence electrons. The van der Waals surface area contributed by atoms with E-state index in [1.54, 1.807) is 0 Å². The first-order valence-electron chi connectivity index (χ1n) is 22.0. The molecule has 0 amide bonds. The van der Waals surface area contributed by atoms with E-state index in [0.717, 1.165) is 77.0 Å². The normalized spacial score (nSPS) is 13.1. The predicted octanol–water partition coefficient (Wildman–Crippen LogP) is 14.6. The number of hydrogen-bond donors (Lipinski definition) is 1. The lowest BCUT2D eigenvalue weighted by Crippen LogP contribution is -2.27. The topological polar surface area (TPSA) is 55.8 Å². The van der Waals surface area contributed by atoms with Crippen LogP contribution in [0.25, 0.3) is 0 Å². The van der Waals surface area contributed by atoms with Crippen molar-refractivity contribution in [3.05, 3.63) is 72.9 Å². The van der Waals surface area contributed by atoms with Gasteiger partial charge < -0.3 is 14.6 Å². The van der Waals surface area contributed by atoms with Gasteiger partial charge in [-0.1, -0.05) is 202 Å². The summed E-state index contributed by atoms with van der Waals surface area (Å²) in [4.78, 5) is 12.2. The van der Waals surface area contributed by atoms with Gasteiger partial charge in [-0.25, -0.2) is 0 Å². The zero-order valence-corrected chi connectivity index (χ0v) is 34.3. The molecule has 4 heteroatoms. The van der Waals surface area contributed by atoms with E-state index in [1.165, 1.54) is 103 Å². The lowest BCUT2D eigenvalue weighted by molar-refractivity contribution is -0.154. The number of carbonyl (C=O) groups excluding carboxylic acids is 1. The highest BCUT2D eigenvalue weighted by molar-refractivity contribution is 5.69. The average molecular weight is 725 g/mol. The first-order chi connectivity index (χ1) is 25.7.